The Labute approximate surface area is 124 Å². The lowest BCUT2D eigenvalue weighted by atomic mass is 10.1. The van der Waals surface area contributed by atoms with Gasteiger partial charge in [0.2, 0.25) is 0 Å². The lowest BCUT2D eigenvalue weighted by molar-refractivity contribution is -0.147. The number of ether oxygens (including phenoxy) is 1. The molecule has 1 aromatic rings. The standard InChI is InChI=1S/C10H7Cl5O2/c1-5(17-9(16)10(13,14)15)6-2-3-7(11)8(12)4-6/h2-5H,1H3. The van der Waals surface area contributed by atoms with Gasteiger partial charge in [-0.05, 0) is 24.6 Å². The van der Waals surface area contributed by atoms with Crippen molar-refractivity contribution in [2.75, 3.05) is 0 Å². The van der Waals surface area contributed by atoms with Gasteiger partial charge in [0.05, 0.1) is 10.0 Å². The predicted octanol–water partition coefficient (Wildman–Crippen LogP) is 4.97. The van der Waals surface area contributed by atoms with Crippen LogP contribution in [0.4, 0.5) is 0 Å². The van der Waals surface area contributed by atoms with Gasteiger partial charge in [0.15, 0.2) is 0 Å². The molecule has 0 N–H and O–H groups in total. The van der Waals surface area contributed by atoms with Crippen LogP contribution in [-0.2, 0) is 9.53 Å². The van der Waals surface area contributed by atoms with Crippen LogP contribution in [0.15, 0.2) is 18.2 Å². The van der Waals surface area contributed by atoms with Gasteiger partial charge in [-0.25, -0.2) is 4.79 Å². The average molecular weight is 336 g/mol. The van der Waals surface area contributed by atoms with Crippen molar-refractivity contribution in [3.63, 3.8) is 0 Å². The second-order valence-electron chi connectivity index (χ2n) is 3.22. The van der Waals surface area contributed by atoms with Crippen molar-refractivity contribution < 1.29 is 9.53 Å². The molecule has 2 nitrogen and oxygen atoms in total. The van der Waals surface area contributed by atoms with E-state index in [1.165, 1.54) is 0 Å². The van der Waals surface area contributed by atoms with E-state index in [2.05, 4.69) is 0 Å². The molecule has 1 rings (SSSR count). The van der Waals surface area contributed by atoms with E-state index in [1.54, 1.807) is 25.1 Å². The zero-order valence-corrected chi connectivity index (χ0v) is 12.3. The summed E-state index contributed by atoms with van der Waals surface area (Å²) in [5, 5.41) is 0.774. The molecule has 0 saturated heterocycles. The molecule has 0 amide bonds. The lowest BCUT2D eigenvalue weighted by Gasteiger charge is -2.17. The first-order valence-corrected chi connectivity index (χ1v) is 6.33. The summed E-state index contributed by atoms with van der Waals surface area (Å²) >= 11 is 27.7. The summed E-state index contributed by atoms with van der Waals surface area (Å²) in [5.41, 5.74) is 0.655. The van der Waals surface area contributed by atoms with E-state index >= 15 is 0 Å². The predicted molar refractivity (Wildman–Crippen MR) is 71.3 cm³/mol. The highest BCUT2D eigenvalue weighted by Gasteiger charge is 2.34. The van der Waals surface area contributed by atoms with E-state index in [0.717, 1.165) is 0 Å². The molecule has 1 atom stereocenters. The van der Waals surface area contributed by atoms with Gasteiger partial charge in [-0.3, -0.25) is 0 Å². The van der Waals surface area contributed by atoms with E-state index in [0.29, 0.717) is 15.6 Å². The van der Waals surface area contributed by atoms with Crippen molar-refractivity contribution in [1.82, 2.24) is 0 Å². The fraction of sp³-hybridized carbons (Fsp3) is 0.300. The Kier molecular flexibility index (Phi) is 5.23. The molecule has 7 heteroatoms. The van der Waals surface area contributed by atoms with Gasteiger partial charge in [0, 0.05) is 0 Å². The third-order valence-electron chi connectivity index (χ3n) is 1.93. The first kappa shape index (κ1) is 15.2. The van der Waals surface area contributed by atoms with Crippen LogP contribution in [0.2, 0.25) is 10.0 Å². The van der Waals surface area contributed by atoms with Crippen LogP contribution in [0.3, 0.4) is 0 Å². The molecule has 0 aliphatic carbocycles. The van der Waals surface area contributed by atoms with Gasteiger partial charge >= 0.3 is 5.97 Å². The van der Waals surface area contributed by atoms with Crippen molar-refractivity contribution in [2.45, 2.75) is 16.8 Å². The second kappa shape index (κ2) is 5.85. The molecule has 0 saturated carbocycles. The Bertz CT molecular complexity index is 427. The number of esters is 1. The number of halogens is 5. The zero-order chi connectivity index (χ0) is 13.2. The first-order chi connectivity index (χ1) is 7.71. The summed E-state index contributed by atoms with van der Waals surface area (Å²) < 4.78 is 2.87. The Morgan fingerprint density at radius 3 is 2.29 bits per heavy atom. The fourth-order valence-electron chi connectivity index (χ4n) is 1.06. The SMILES string of the molecule is CC(OC(=O)C(Cl)(Cl)Cl)c1ccc(Cl)c(Cl)c1. The Balaban J connectivity index is 2.80. The van der Waals surface area contributed by atoms with Crippen molar-refractivity contribution in [3.8, 4) is 0 Å². The van der Waals surface area contributed by atoms with Crippen LogP contribution in [0.1, 0.15) is 18.6 Å². The molecule has 0 fully saturated rings. The summed E-state index contributed by atoms with van der Waals surface area (Å²) in [6, 6.07) is 4.85. The van der Waals surface area contributed by atoms with Crippen LogP contribution < -0.4 is 0 Å². The van der Waals surface area contributed by atoms with E-state index in [1.807, 2.05) is 0 Å². The summed E-state index contributed by atoms with van der Waals surface area (Å²) in [6.45, 7) is 1.63. The zero-order valence-electron chi connectivity index (χ0n) is 8.52. The molecule has 1 unspecified atom stereocenters. The van der Waals surface area contributed by atoms with Crippen molar-refractivity contribution in [2.24, 2.45) is 0 Å². The van der Waals surface area contributed by atoms with Gasteiger partial charge in [-0.15, -0.1) is 0 Å². The molecule has 0 bridgehead atoms. The van der Waals surface area contributed by atoms with Crippen LogP contribution in [0, 0.1) is 0 Å². The first-order valence-electron chi connectivity index (χ1n) is 4.44. The van der Waals surface area contributed by atoms with Crippen molar-refractivity contribution in [3.05, 3.63) is 33.8 Å². The van der Waals surface area contributed by atoms with Gasteiger partial charge in [-0.1, -0.05) is 64.1 Å². The van der Waals surface area contributed by atoms with E-state index in [-0.39, 0.29) is 0 Å². The lowest BCUT2D eigenvalue weighted by Crippen LogP contribution is -2.23. The molecule has 0 aromatic heterocycles. The van der Waals surface area contributed by atoms with Gasteiger partial charge in [0.1, 0.15) is 6.10 Å². The van der Waals surface area contributed by atoms with E-state index in [4.69, 9.17) is 62.7 Å². The molecule has 94 valence electrons. The topological polar surface area (TPSA) is 26.3 Å². The monoisotopic (exact) mass is 334 g/mol. The minimum absolute atomic E-state index is 0.362. The average Bonchev–Trinajstić information content (AvgIpc) is 2.20. The quantitative estimate of drug-likeness (QED) is 0.563. The molecule has 17 heavy (non-hydrogen) atoms. The fourth-order valence-corrected chi connectivity index (χ4v) is 1.50. The van der Waals surface area contributed by atoms with Gasteiger partial charge < -0.3 is 4.74 Å². The summed E-state index contributed by atoms with van der Waals surface area (Å²) in [6.07, 6.45) is -0.590. The molecular formula is C10H7Cl5O2. The number of hydrogen-bond donors (Lipinski definition) is 0. The molecule has 0 aliphatic rings. The van der Waals surface area contributed by atoms with E-state index < -0.39 is 15.9 Å². The molecule has 0 aliphatic heterocycles. The molecule has 0 radical (unpaired) electrons. The second-order valence-corrected chi connectivity index (χ2v) is 6.31. The molecule has 1 aromatic carbocycles. The van der Waals surface area contributed by atoms with Crippen molar-refractivity contribution >= 4 is 64.0 Å². The smallest absolute Gasteiger partial charge is 0.359 e. The number of hydrogen-bond acceptors (Lipinski definition) is 2. The van der Waals surface area contributed by atoms with Crippen LogP contribution in [-0.4, -0.2) is 9.76 Å². The summed E-state index contributed by atoms with van der Waals surface area (Å²) in [4.78, 5) is 11.3. The Hall–Kier alpha value is 0.140. The normalized spacial score (nSPS) is 13.3. The maximum atomic E-state index is 11.3. The Morgan fingerprint density at radius 1 is 1.24 bits per heavy atom. The van der Waals surface area contributed by atoms with E-state index in [9.17, 15) is 4.79 Å². The summed E-state index contributed by atoms with van der Waals surface area (Å²) in [5.74, 6) is -0.943. The molecular weight excluding hydrogens is 329 g/mol. The minimum Gasteiger partial charge on any atom is -0.455 e. The maximum Gasteiger partial charge on any atom is 0.359 e. The third-order valence-corrected chi connectivity index (χ3v) is 3.13. The molecule has 0 heterocycles. The Morgan fingerprint density at radius 2 is 1.82 bits per heavy atom. The highest BCUT2D eigenvalue weighted by Crippen LogP contribution is 2.32. The van der Waals surface area contributed by atoms with Crippen molar-refractivity contribution in [1.29, 1.82) is 0 Å². The number of alkyl halides is 3. The summed E-state index contributed by atoms with van der Waals surface area (Å²) in [7, 11) is 0. The number of benzene rings is 1. The third kappa shape index (κ3) is 4.38. The number of carbonyl (C=O) groups excluding carboxylic acids is 1. The van der Waals surface area contributed by atoms with Crippen LogP contribution in [0.25, 0.3) is 0 Å². The largest absolute Gasteiger partial charge is 0.455 e. The number of carbonyl (C=O) groups is 1. The van der Waals surface area contributed by atoms with Crippen LogP contribution in [0.5, 0.6) is 0 Å². The molecule has 0 spiro atoms. The highest BCUT2D eigenvalue weighted by atomic mass is 35.6. The minimum atomic E-state index is -2.09. The highest BCUT2D eigenvalue weighted by molar-refractivity contribution is 6.75. The van der Waals surface area contributed by atoms with Crippen LogP contribution >= 0.6 is 58.0 Å². The van der Waals surface area contributed by atoms with Gasteiger partial charge in [0.25, 0.3) is 3.79 Å². The maximum absolute atomic E-state index is 11.3. The number of rotatable bonds is 2. The van der Waals surface area contributed by atoms with Gasteiger partial charge in [-0.2, -0.15) is 0 Å².